The van der Waals surface area contributed by atoms with Gasteiger partial charge in [0.05, 0.1) is 7.11 Å². The normalized spacial score (nSPS) is 10.4. The lowest BCUT2D eigenvalue weighted by Gasteiger charge is -2.09. The quantitative estimate of drug-likeness (QED) is 0.879. The smallest absolute Gasteiger partial charge is 0.121 e. The summed E-state index contributed by atoms with van der Waals surface area (Å²) in [6, 6.07) is 6.11. The molecule has 1 aromatic heterocycles. The van der Waals surface area contributed by atoms with Crippen LogP contribution in [0, 0.1) is 6.92 Å². The molecule has 2 rings (SSSR count). The molecule has 4 nitrogen and oxygen atoms in total. The zero-order valence-corrected chi connectivity index (χ0v) is 11.1. The number of nitrogens with zero attached hydrogens (tertiary/aromatic N) is 2. The molecular weight excluding hydrogens is 226 g/mol. The second kappa shape index (κ2) is 5.58. The van der Waals surface area contributed by atoms with Gasteiger partial charge in [0.15, 0.2) is 0 Å². The van der Waals surface area contributed by atoms with Crippen molar-refractivity contribution in [2.24, 2.45) is 7.05 Å². The summed E-state index contributed by atoms with van der Waals surface area (Å²) in [5, 5.41) is 3.39. The van der Waals surface area contributed by atoms with Gasteiger partial charge < -0.3 is 14.6 Å². The number of methoxy groups -OCH3 is 1. The topological polar surface area (TPSA) is 39.1 Å². The molecule has 2 aromatic rings. The van der Waals surface area contributed by atoms with Gasteiger partial charge in [-0.1, -0.05) is 0 Å². The molecular formula is C14H19N3O. The molecule has 96 valence electrons. The first kappa shape index (κ1) is 12.5. The Kier molecular flexibility index (Phi) is 3.87. The van der Waals surface area contributed by atoms with Crippen LogP contribution in [0.15, 0.2) is 30.6 Å². The first-order valence-electron chi connectivity index (χ1n) is 6.05. The lowest BCUT2D eigenvalue weighted by atomic mass is 10.2. The van der Waals surface area contributed by atoms with Crippen molar-refractivity contribution in [3.05, 3.63) is 42.0 Å². The van der Waals surface area contributed by atoms with Crippen LogP contribution in [0.1, 0.15) is 11.4 Å². The Labute approximate surface area is 108 Å². The molecule has 18 heavy (non-hydrogen) atoms. The summed E-state index contributed by atoms with van der Waals surface area (Å²) in [6.07, 6.45) is 4.70. The largest absolute Gasteiger partial charge is 0.496 e. The summed E-state index contributed by atoms with van der Waals surface area (Å²) < 4.78 is 7.28. The number of aryl methyl sites for hydroxylation is 2. The fourth-order valence-electron chi connectivity index (χ4n) is 1.94. The van der Waals surface area contributed by atoms with Crippen molar-refractivity contribution in [3.8, 4) is 5.75 Å². The lowest BCUT2D eigenvalue weighted by molar-refractivity contribution is 0.412. The van der Waals surface area contributed by atoms with Crippen LogP contribution in [-0.4, -0.2) is 23.2 Å². The van der Waals surface area contributed by atoms with Gasteiger partial charge in [-0.3, -0.25) is 0 Å². The van der Waals surface area contributed by atoms with Gasteiger partial charge in [0.1, 0.15) is 11.6 Å². The minimum atomic E-state index is 0.872. The standard InChI is InChI=1S/C14H19N3O/c1-11-10-12(4-5-13(11)18-3)15-7-6-14-16-8-9-17(14)2/h4-5,8-10,15H,6-7H2,1-3H3. The molecule has 0 radical (unpaired) electrons. The summed E-state index contributed by atoms with van der Waals surface area (Å²) in [4.78, 5) is 4.29. The van der Waals surface area contributed by atoms with Gasteiger partial charge in [0, 0.05) is 38.1 Å². The number of hydrogen-bond acceptors (Lipinski definition) is 3. The average Bonchev–Trinajstić information content (AvgIpc) is 2.75. The lowest BCUT2D eigenvalue weighted by Crippen LogP contribution is -2.08. The maximum atomic E-state index is 5.24. The molecule has 0 aliphatic carbocycles. The maximum Gasteiger partial charge on any atom is 0.121 e. The van der Waals surface area contributed by atoms with Gasteiger partial charge >= 0.3 is 0 Å². The second-order valence-corrected chi connectivity index (χ2v) is 4.32. The highest BCUT2D eigenvalue weighted by Crippen LogP contribution is 2.21. The van der Waals surface area contributed by atoms with E-state index in [9.17, 15) is 0 Å². The number of hydrogen-bond donors (Lipinski definition) is 1. The first-order chi connectivity index (χ1) is 8.70. The third-order valence-corrected chi connectivity index (χ3v) is 2.99. The molecule has 4 heteroatoms. The molecule has 0 atom stereocenters. The maximum absolute atomic E-state index is 5.24. The average molecular weight is 245 g/mol. The van der Waals surface area contributed by atoms with Crippen molar-refractivity contribution in [1.82, 2.24) is 9.55 Å². The van der Waals surface area contributed by atoms with Gasteiger partial charge in [0.2, 0.25) is 0 Å². The predicted octanol–water partition coefficient (Wildman–Crippen LogP) is 2.39. The van der Waals surface area contributed by atoms with Crippen LogP contribution in [0.25, 0.3) is 0 Å². The Hall–Kier alpha value is -1.97. The SMILES string of the molecule is COc1ccc(NCCc2nccn2C)cc1C. The molecule has 0 bridgehead atoms. The van der Waals surface area contributed by atoms with Gasteiger partial charge in [0.25, 0.3) is 0 Å². The Bertz CT molecular complexity index is 520. The van der Waals surface area contributed by atoms with E-state index in [1.807, 2.05) is 43.1 Å². The van der Waals surface area contributed by atoms with E-state index in [1.165, 1.54) is 0 Å². The molecule has 0 unspecified atom stereocenters. The summed E-state index contributed by atoms with van der Waals surface area (Å²) in [5.74, 6) is 2.01. The minimum absolute atomic E-state index is 0.872. The van der Waals surface area contributed by atoms with E-state index in [-0.39, 0.29) is 0 Å². The molecule has 0 amide bonds. The summed E-state index contributed by atoms with van der Waals surface area (Å²) in [5.41, 5.74) is 2.25. The number of rotatable bonds is 5. The fraction of sp³-hybridized carbons (Fsp3) is 0.357. The second-order valence-electron chi connectivity index (χ2n) is 4.32. The van der Waals surface area contributed by atoms with Gasteiger partial charge in [-0.05, 0) is 30.7 Å². The zero-order valence-electron chi connectivity index (χ0n) is 11.1. The van der Waals surface area contributed by atoms with Crippen molar-refractivity contribution in [2.75, 3.05) is 19.0 Å². The first-order valence-corrected chi connectivity index (χ1v) is 6.05. The Morgan fingerprint density at radius 1 is 1.39 bits per heavy atom. The number of aromatic nitrogens is 2. The van der Waals surface area contributed by atoms with E-state index in [0.717, 1.165) is 35.8 Å². The van der Waals surface area contributed by atoms with E-state index >= 15 is 0 Å². The number of nitrogens with one attached hydrogen (secondary N) is 1. The van der Waals surface area contributed by atoms with E-state index in [1.54, 1.807) is 7.11 Å². The van der Waals surface area contributed by atoms with E-state index in [0.29, 0.717) is 0 Å². The number of benzene rings is 1. The Morgan fingerprint density at radius 2 is 2.22 bits per heavy atom. The van der Waals surface area contributed by atoms with Gasteiger partial charge in [-0.25, -0.2) is 4.98 Å². The molecule has 1 heterocycles. The molecule has 0 saturated heterocycles. The third-order valence-electron chi connectivity index (χ3n) is 2.99. The van der Waals surface area contributed by atoms with E-state index in [4.69, 9.17) is 4.74 Å². The third kappa shape index (κ3) is 2.83. The van der Waals surface area contributed by atoms with Crippen molar-refractivity contribution in [2.45, 2.75) is 13.3 Å². The summed E-state index contributed by atoms with van der Waals surface area (Å²) >= 11 is 0. The van der Waals surface area contributed by atoms with Crippen molar-refractivity contribution in [3.63, 3.8) is 0 Å². The van der Waals surface area contributed by atoms with Crippen LogP contribution in [-0.2, 0) is 13.5 Å². The fourth-order valence-corrected chi connectivity index (χ4v) is 1.94. The molecule has 0 aliphatic heterocycles. The highest BCUT2D eigenvalue weighted by atomic mass is 16.5. The summed E-state index contributed by atoms with van der Waals surface area (Å²) in [7, 11) is 3.70. The zero-order chi connectivity index (χ0) is 13.0. The van der Waals surface area contributed by atoms with E-state index < -0.39 is 0 Å². The Morgan fingerprint density at radius 3 is 2.83 bits per heavy atom. The molecule has 1 aromatic carbocycles. The van der Waals surface area contributed by atoms with Crippen LogP contribution in [0.2, 0.25) is 0 Å². The van der Waals surface area contributed by atoms with Crippen LogP contribution in [0.5, 0.6) is 5.75 Å². The molecule has 0 spiro atoms. The van der Waals surface area contributed by atoms with Crippen LogP contribution in [0.3, 0.4) is 0 Å². The van der Waals surface area contributed by atoms with Gasteiger partial charge in [-0.2, -0.15) is 0 Å². The Balaban J connectivity index is 1.91. The minimum Gasteiger partial charge on any atom is -0.496 e. The van der Waals surface area contributed by atoms with Crippen molar-refractivity contribution in [1.29, 1.82) is 0 Å². The number of ether oxygens (including phenoxy) is 1. The monoisotopic (exact) mass is 245 g/mol. The molecule has 0 saturated carbocycles. The highest BCUT2D eigenvalue weighted by Gasteiger charge is 2.01. The van der Waals surface area contributed by atoms with Crippen LogP contribution < -0.4 is 10.1 Å². The number of anilines is 1. The molecule has 0 aliphatic rings. The van der Waals surface area contributed by atoms with Gasteiger partial charge in [-0.15, -0.1) is 0 Å². The van der Waals surface area contributed by atoms with Crippen LogP contribution >= 0.6 is 0 Å². The molecule has 1 N–H and O–H groups in total. The predicted molar refractivity (Wildman–Crippen MR) is 73.1 cm³/mol. The highest BCUT2D eigenvalue weighted by molar-refractivity contribution is 5.50. The molecule has 0 fully saturated rings. The number of imidazole rings is 1. The summed E-state index contributed by atoms with van der Waals surface area (Å²) in [6.45, 7) is 2.92. The van der Waals surface area contributed by atoms with Crippen molar-refractivity contribution < 1.29 is 4.74 Å². The van der Waals surface area contributed by atoms with Crippen LogP contribution in [0.4, 0.5) is 5.69 Å². The van der Waals surface area contributed by atoms with E-state index in [2.05, 4.69) is 16.4 Å². The van der Waals surface area contributed by atoms with Crippen molar-refractivity contribution >= 4 is 5.69 Å².